The summed E-state index contributed by atoms with van der Waals surface area (Å²) in [4.78, 5) is 47.2. The molecule has 0 aliphatic carbocycles. The number of nitrogens with one attached hydrogen (secondary N) is 1. The van der Waals surface area contributed by atoms with Crippen molar-refractivity contribution < 1.29 is 23.5 Å². The van der Waals surface area contributed by atoms with Gasteiger partial charge in [-0.15, -0.1) is 0 Å². The highest BCUT2D eigenvalue weighted by molar-refractivity contribution is 5.96. The van der Waals surface area contributed by atoms with Crippen molar-refractivity contribution in [2.24, 2.45) is 5.73 Å². The van der Waals surface area contributed by atoms with Crippen LogP contribution in [0.2, 0.25) is 0 Å². The van der Waals surface area contributed by atoms with Crippen molar-refractivity contribution in [2.75, 3.05) is 5.32 Å². The maximum atomic E-state index is 12.2. The second kappa shape index (κ2) is 8.42. The third kappa shape index (κ3) is 4.70. The van der Waals surface area contributed by atoms with Gasteiger partial charge in [0.25, 0.3) is 5.91 Å². The van der Waals surface area contributed by atoms with Gasteiger partial charge >= 0.3 is 11.7 Å². The fourth-order valence-corrected chi connectivity index (χ4v) is 2.70. The Balaban J connectivity index is 1.54. The van der Waals surface area contributed by atoms with E-state index in [4.69, 9.17) is 14.9 Å². The lowest BCUT2D eigenvalue weighted by Crippen LogP contribution is -2.30. The van der Waals surface area contributed by atoms with Gasteiger partial charge < -0.3 is 20.2 Å². The number of hydrogen-bond donors (Lipinski definition) is 2. The standard InChI is InChI=1S/C20H19N3O6/c1-12(19(26)22-14-8-6-13(7-9-14)18(21)25)28-17(24)10-11-23-15-4-2-3-5-16(15)29-20(23)27/h2-9,12H,10-11H2,1H3,(H2,21,25)(H,22,26)/t12-/m0/s1. The second-order valence-corrected chi connectivity index (χ2v) is 6.30. The number of aromatic nitrogens is 1. The number of fused-ring (bicyclic) bond motifs is 1. The van der Waals surface area contributed by atoms with Gasteiger partial charge in [0.15, 0.2) is 11.7 Å². The molecule has 1 aromatic heterocycles. The Morgan fingerprint density at radius 3 is 2.52 bits per heavy atom. The number of oxazole rings is 1. The van der Waals surface area contributed by atoms with Crippen LogP contribution in [0.4, 0.5) is 5.69 Å². The number of primary amides is 1. The molecule has 0 radical (unpaired) electrons. The van der Waals surface area contributed by atoms with E-state index in [1.165, 1.54) is 35.8 Å². The molecule has 1 atom stereocenters. The molecule has 3 rings (SSSR count). The first-order valence-corrected chi connectivity index (χ1v) is 8.83. The molecule has 9 heteroatoms. The third-order valence-corrected chi connectivity index (χ3v) is 4.23. The molecule has 29 heavy (non-hydrogen) atoms. The predicted molar refractivity (Wildman–Crippen MR) is 104 cm³/mol. The molecule has 2 aromatic carbocycles. The topological polar surface area (TPSA) is 134 Å². The number of rotatable bonds is 7. The van der Waals surface area contributed by atoms with E-state index < -0.39 is 29.6 Å². The van der Waals surface area contributed by atoms with Gasteiger partial charge in [0, 0.05) is 17.8 Å². The molecule has 1 heterocycles. The average Bonchev–Trinajstić information content (AvgIpc) is 3.01. The summed E-state index contributed by atoms with van der Waals surface area (Å²) in [5, 5.41) is 2.58. The SMILES string of the molecule is C[C@H](OC(=O)CCn1c(=O)oc2ccccc21)C(=O)Nc1ccc(C(N)=O)cc1. The van der Waals surface area contributed by atoms with Crippen LogP contribution in [-0.2, 0) is 20.9 Å². The van der Waals surface area contributed by atoms with Crippen LogP contribution in [0.5, 0.6) is 0 Å². The van der Waals surface area contributed by atoms with Crippen molar-refractivity contribution in [2.45, 2.75) is 26.0 Å². The summed E-state index contributed by atoms with van der Waals surface area (Å²) in [6.45, 7) is 1.50. The number of amides is 2. The van der Waals surface area contributed by atoms with Crippen LogP contribution in [0.25, 0.3) is 11.1 Å². The fourth-order valence-electron chi connectivity index (χ4n) is 2.70. The van der Waals surface area contributed by atoms with Gasteiger partial charge in [-0.25, -0.2) is 4.79 Å². The number of ether oxygens (including phenoxy) is 1. The first-order valence-electron chi connectivity index (χ1n) is 8.83. The normalized spacial score (nSPS) is 11.8. The van der Waals surface area contributed by atoms with Crippen LogP contribution in [-0.4, -0.2) is 28.5 Å². The van der Waals surface area contributed by atoms with E-state index in [9.17, 15) is 19.2 Å². The minimum atomic E-state index is -1.05. The number of hydrogen-bond acceptors (Lipinski definition) is 6. The van der Waals surface area contributed by atoms with E-state index >= 15 is 0 Å². The quantitative estimate of drug-likeness (QED) is 0.582. The van der Waals surface area contributed by atoms with Gasteiger partial charge in [-0.1, -0.05) is 12.1 Å². The van der Waals surface area contributed by atoms with Gasteiger partial charge in [-0.3, -0.25) is 19.0 Å². The Morgan fingerprint density at radius 1 is 1.14 bits per heavy atom. The van der Waals surface area contributed by atoms with Crippen molar-refractivity contribution in [3.8, 4) is 0 Å². The maximum Gasteiger partial charge on any atom is 0.419 e. The predicted octanol–water partition coefficient (Wildman–Crippen LogP) is 1.65. The summed E-state index contributed by atoms with van der Waals surface area (Å²) in [5.41, 5.74) is 6.91. The monoisotopic (exact) mass is 397 g/mol. The number of anilines is 1. The van der Waals surface area contributed by atoms with Crippen molar-refractivity contribution in [1.29, 1.82) is 0 Å². The smallest absolute Gasteiger partial charge is 0.419 e. The lowest BCUT2D eigenvalue weighted by molar-refractivity contribution is -0.153. The van der Waals surface area contributed by atoms with Crippen LogP contribution in [0.3, 0.4) is 0 Å². The molecule has 3 aromatic rings. The van der Waals surface area contributed by atoms with E-state index in [1.54, 1.807) is 24.3 Å². The lowest BCUT2D eigenvalue weighted by Gasteiger charge is -2.13. The van der Waals surface area contributed by atoms with E-state index in [0.717, 1.165) is 0 Å². The zero-order valence-electron chi connectivity index (χ0n) is 15.6. The van der Waals surface area contributed by atoms with Gasteiger partial charge in [0.05, 0.1) is 11.9 Å². The number of nitrogens with two attached hydrogens (primary N) is 1. The van der Waals surface area contributed by atoms with Crippen LogP contribution >= 0.6 is 0 Å². The number of nitrogens with zero attached hydrogens (tertiary/aromatic N) is 1. The lowest BCUT2D eigenvalue weighted by atomic mass is 10.2. The van der Waals surface area contributed by atoms with E-state index in [1.807, 2.05) is 0 Å². The van der Waals surface area contributed by atoms with Crippen LogP contribution < -0.4 is 16.8 Å². The molecule has 3 N–H and O–H groups in total. The zero-order valence-corrected chi connectivity index (χ0v) is 15.6. The molecule has 0 spiro atoms. The van der Waals surface area contributed by atoms with Crippen LogP contribution in [0.1, 0.15) is 23.7 Å². The molecule has 9 nitrogen and oxygen atoms in total. The van der Waals surface area contributed by atoms with E-state index in [-0.39, 0.29) is 13.0 Å². The van der Waals surface area contributed by atoms with Crippen LogP contribution in [0.15, 0.2) is 57.7 Å². The molecule has 0 aliphatic rings. The maximum absolute atomic E-state index is 12.2. The average molecular weight is 397 g/mol. The van der Waals surface area contributed by atoms with Crippen molar-refractivity contribution >= 4 is 34.6 Å². The minimum absolute atomic E-state index is 0.0671. The molecule has 0 saturated carbocycles. The number of carbonyl (C=O) groups is 3. The van der Waals surface area contributed by atoms with Crippen molar-refractivity contribution in [3.63, 3.8) is 0 Å². The van der Waals surface area contributed by atoms with Crippen molar-refractivity contribution in [3.05, 3.63) is 64.6 Å². The van der Waals surface area contributed by atoms with Gasteiger partial charge in [0.2, 0.25) is 5.91 Å². The zero-order chi connectivity index (χ0) is 21.0. The Hall–Kier alpha value is -3.88. The first-order chi connectivity index (χ1) is 13.8. The van der Waals surface area contributed by atoms with E-state index in [0.29, 0.717) is 22.4 Å². The van der Waals surface area contributed by atoms with Gasteiger partial charge in [0.1, 0.15) is 0 Å². The molecule has 2 amide bonds. The number of benzene rings is 2. The summed E-state index contributed by atoms with van der Waals surface area (Å²) in [6, 6.07) is 12.9. The summed E-state index contributed by atoms with van der Waals surface area (Å²) in [6.07, 6.45) is -1.15. The molecule has 0 bridgehead atoms. The largest absolute Gasteiger partial charge is 0.452 e. The molecule has 0 fully saturated rings. The Bertz CT molecular complexity index is 1110. The van der Waals surface area contributed by atoms with E-state index in [2.05, 4.69) is 5.32 Å². The molecular weight excluding hydrogens is 378 g/mol. The molecule has 0 unspecified atom stereocenters. The first kappa shape index (κ1) is 19.9. The number of aryl methyl sites for hydroxylation is 1. The summed E-state index contributed by atoms with van der Waals surface area (Å²) >= 11 is 0. The number of esters is 1. The summed E-state index contributed by atoms with van der Waals surface area (Å²) < 4.78 is 11.6. The number of para-hydroxylation sites is 2. The molecular formula is C20H19N3O6. The highest BCUT2D eigenvalue weighted by Gasteiger charge is 2.19. The van der Waals surface area contributed by atoms with Crippen molar-refractivity contribution in [1.82, 2.24) is 4.57 Å². The third-order valence-electron chi connectivity index (χ3n) is 4.23. The Labute approximate surface area is 165 Å². The highest BCUT2D eigenvalue weighted by atomic mass is 16.5. The highest BCUT2D eigenvalue weighted by Crippen LogP contribution is 2.13. The molecule has 0 saturated heterocycles. The Morgan fingerprint density at radius 2 is 1.83 bits per heavy atom. The van der Waals surface area contributed by atoms with Gasteiger partial charge in [-0.05, 0) is 43.3 Å². The second-order valence-electron chi connectivity index (χ2n) is 6.30. The van der Waals surface area contributed by atoms with Gasteiger partial charge in [-0.2, -0.15) is 0 Å². The summed E-state index contributed by atoms with van der Waals surface area (Å²) in [5.74, 6) is -2.30. The minimum Gasteiger partial charge on any atom is -0.452 e. The molecule has 150 valence electrons. The number of carbonyl (C=O) groups excluding carboxylic acids is 3. The van der Waals surface area contributed by atoms with Crippen LogP contribution in [0, 0.1) is 0 Å². The molecule has 0 aliphatic heterocycles. The summed E-state index contributed by atoms with van der Waals surface area (Å²) in [7, 11) is 0. The fraction of sp³-hybridized carbons (Fsp3) is 0.200. The Kier molecular flexibility index (Phi) is 5.77.